The summed E-state index contributed by atoms with van der Waals surface area (Å²) < 4.78 is 11.5. The normalized spacial score (nSPS) is 13.5. The Morgan fingerprint density at radius 2 is 1.65 bits per heavy atom. The van der Waals surface area contributed by atoms with Gasteiger partial charge in [-0.25, -0.2) is 0 Å². The fourth-order valence-corrected chi connectivity index (χ4v) is 2.99. The Balaban J connectivity index is 1.69. The molecule has 0 spiro atoms. The second-order valence-electron chi connectivity index (χ2n) is 5.60. The standard InChI is InChI=1S/C20H26O2S/c1-4-16(2)18-10-12-19(13-11-18)22-17(3)21-14-15-23-20-8-6-5-7-9-20/h5-13,16-17H,4,14-15H2,1-3H3. The SMILES string of the molecule is CCC(C)c1ccc(OC(C)OCCSc2ccccc2)cc1. The molecule has 0 saturated carbocycles. The molecule has 3 heteroatoms. The number of rotatable bonds is 9. The number of hydrogen-bond acceptors (Lipinski definition) is 3. The Morgan fingerprint density at radius 1 is 0.957 bits per heavy atom. The highest BCUT2D eigenvalue weighted by Crippen LogP contribution is 2.22. The molecular formula is C20H26O2S. The van der Waals surface area contributed by atoms with Gasteiger partial charge < -0.3 is 9.47 Å². The molecule has 0 amide bonds. The van der Waals surface area contributed by atoms with Crippen molar-refractivity contribution in [3.05, 3.63) is 60.2 Å². The van der Waals surface area contributed by atoms with Crippen molar-refractivity contribution in [3.63, 3.8) is 0 Å². The van der Waals surface area contributed by atoms with Crippen LogP contribution in [0.25, 0.3) is 0 Å². The maximum absolute atomic E-state index is 5.80. The molecule has 2 atom stereocenters. The van der Waals surface area contributed by atoms with Crippen LogP contribution >= 0.6 is 11.8 Å². The maximum atomic E-state index is 5.80. The van der Waals surface area contributed by atoms with Gasteiger partial charge in [-0.3, -0.25) is 0 Å². The highest BCUT2D eigenvalue weighted by Gasteiger charge is 2.06. The Labute approximate surface area is 144 Å². The Hall–Kier alpha value is -1.45. The number of hydrogen-bond donors (Lipinski definition) is 0. The molecule has 0 aliphatic rings. The third kappa shape index (κ3) is 6.28. The van der Waals surface area contributed by atoms with Crippen molar-refractivity contribution in [2.75, 3.05) is 12.4 Å². The summed E-state index contributed by atoms with van der Waals surface area (Å²) in [7, 11) is 0. The molecule has 2 rings (SSSR count). The molecule has 2 nitrogen and oxygen atoms in total. The molecule has 0 heterocycles. The van der Waals surface area contributed by atoms with Crippen molar-refractivity contribution in [3.8, 4) is 5.75 Å². The quantitative estimate of drug-likeness (QED) is 0.332. The van der Waals surface area contributed by atoms with Crippen LogP contribution in [0.5, 0.6) is 5.75 Å². The molecule has 23 heavy (non-hydrogen) atoms. The summed E-state index contributed by atoms with van der Waals surface area (Å²) in [5.41, 5.74) is 1.35. The van der Waals surface area contributed by atoms with Crippen LogP contribution < -0.4 is 4.74 Å². The van der Waals surface area contributed by atoms with Crippen molar-refractivity contribution in [1.29, 1.82) is 0 Å². The van der Waals surface area contributed by atoms with Crippen LogP contribution in [-0.4, -0.2) is 18.6 Å². The van der Waals surface area contributed by atoms with Crippen LogP contribution in [0, 0.1) is 0 Å². The minimum Gasteiger partial charge on any atom is -0.465 e. The van der Waals surface area contributed by atoms with Crippen LogP contribution in [0.3, 0.4) is 0 Å². The van der Waals surface area contributed by atoms with Crippen LogP contribution in [0.1, 0.15) is 38.7 Å². The third-order valence-electron chi connectivity index (χ3n) is 3.81. The summed E-state index contributed by atoms with van der Waals surface area (Å²) in [5, 5.41) is 0. The van der Waals surface area contributed by atoms with E-state index in [1.807, 2.05) is 25.1 Å². The van der Waals surface area contributed by atoms with Crippen molar-refractivity contribution in [1.82, 2.24) is 0 Å². The van der Waals surface area contributed by atoms with Crippen molar-refractivity contribution in [2.45, 2.75) is 44.3 Å². The molecule has 124 valence electrons. The van der Waals surface area contributed by atoms with E-state index in [0.29, 0.717) is 12.5 Å². The average molecular weight is 330 g/mol. The first-order valence-electron chi connectivity index (χ1n) is 8.25. The van der Waals surface area contributed by atoms with Crippen LogP contribution in [0.15, 0.2) is 59.5 Å². The molecular weight excluding hydrogens is 304 g/mol. The molecule has 0 aliphatic heterocycles. The Morgan fingerprint density at radius 3 is 2.30 bits per heavy atom. The van der Waals surface area contributed by atoms with E-state index < -0.39 is 0 Å². The Bertz CT molecular complexity index is 554. The largest absolute Gasteiger partial charge is 0.465 e. The van der Waals surface area contributed by atoms with Gasteiger partial charge in [0, 0.05) is 10.6 Å². The van der Waals surface area contributed by atoms with Crippen LogP contribution in [0.2, 0.25) is 0 Å². The first-order chi connectivity index (χ1) is 11.2. The highest BCUT2D eigenvalue weighted by atomic mass is 32.2. The minimum absolute atomic E-state index is 0.235. The molecule has 0 aliphatic carbocycles. The molecule has 0 saturated heterocycles. The smallest absolute Gasteiger partial charge is 0.197 e. The van der Waals surface area contributed by atoms with Gasteiger partial charge in [0.15, 0.2) is 6.29 Å². The molecule has 0 fully saturated rings. The monoisotopic (exact) mass is 330 g/mol. The predicted octanol–water partition coefficient (Wildman–Crippen LogP) is 5.73. The minimum atomic E-state index is -0.235. The lowest BCUT2D eigenvalue weighted by Crippen LogP contribution is -2.17. The second-order valence-corrected chi connectivity index (χ2v) is 6.76. The first-order valence-corrected chi connectivity index (χ1v) is 9.23. The summed E-state index contributed by atoms with van der Waals surface area (Å²) in [6, 6.07) is 18.7. The first kappa shape index (κ1) is 17.9. The van der Waals surface area contributed by atoms with Gasteiger partial charge in [-0.05, 0) is 49.1 Å². The fourth-order valence-electron chi connectivity index (χ4n) is 2.23. The van der Waals surface area contributed by atoms with Gasteiger partial charge in [-0.2, -0.15) is 0 Å². The van der Waals surface area contributed by atoms with Gasteiger partial charge in [-0.1, -0.05) is 44.2 Å². The van der Waals surface area contributed by atoms with Gasteiger partial charge in [-0.15, -0.1) is 11.8 Å². The van der Waals surface area contributed by atoms with E-state index in [-0.39, 0.29) is 6.29 Å². The van der Waals surface area contributed by atoms with Crippen LogP contribution in [-0.2, 0) is 4.74 Å². The van der Waals surface area contributed by atoms with Gasteiger partial charge in [0.25, 0.3) is 0 Å². The molecule has 0 radical (unpaired) electrons. The van der Waals surface area contributed by atoms with Gasteiger partial charge in [0.05, 0.1) is 6.61 Å². The lowest BCUT2D eigenvalue weighted by atomic mass is 9.99. The summed E-state index contributed by atoms with van der Waals surface area (Å²) in [4.78, 5) is 1.27. The number of ether oxygens (including phenoxy) is 2. The average Bonchev–Trinajstić information content (AvgIpc) is 2.59. The fraction of sp³-hybridized carbons (Fsp3) is 0.400. The molecule has 2 aromatic carbocycles. The van der Waals surface area contributed by atoms with Gasteiger partial charge >= 0.3 is 0 Å². The highest BCUT2D eigenvalue weighted by molar-refractivity contribution is 7.99. The zero-order chi connectivity index (χ0) is 16.5. The molecule has 0 N–H and O–H groups in total. The summed E-state index contributed by atoms with van der Waals surface area (Å²) in [6.07, 6.45) is 0.916. The summed E-state index contributed by atoms with van der Waals surface area (Å²) in [6.45, 7) is 7.06. The van der Waals surface area contributed by atoms with E-state index in [1.165, 1.54) is 10.5 Å². The van der Waals surface area contributed by atoms with E-state index in [1.54, 1.807) is 11.8 Å². The maximum Gasteiger partial charge on any atom is 0.197 e. The van der Waals surface area contributed by atoms with Gasteiger partial charge in [0.1, 0.15) is 5.75 Å². The molecule has 2 aromatic rings. The predicted molar refractivity (Wildman–Crippen MR) is 98.4 cm³/mol. The number of benzene rings is 2. The summed E-state index contributed by atoms with van der Waals surface area (Å²) in [5.74, 6) is 2.37. The van der Waals surface area contributed by atoms with E-state index in [4.69, 9.17) is 9.47 Å². The third-order valence-corrected chi connectivity index (χ3v) is 4.79. The van der Waals surface area contributed by atoms with E-state index in [0.717, 1.165) is 17.9 Å². The summed E-state index contributed by atoms with van der Waals surface area (Å²) >= 11 is 1.80. The second kappa shape index (κ2) is 9.64. The van der Waals surface area contributed by atoms with Gasteiger partial charge in [0.2, 0.25) is 0 Å². The zero-order valence-corrected chi connectivity index (χ0v) is 15.0. The van der Waals surface area contributed by atoms with Crippen molar-refractivity contribution < 1.29 is 9.47 Å². The topological polar surface area (TPSA) is 18.5 Å². The van der Waals surface area contributed by atoms with Crippen molar-refractivity contribution >= 4 is 11.8 Å². The van der Waals surface area contributed by atoms with Crippen molar-refractivity contribution in [2.24, 2.45) is 0 Å². The lowest BCUT2D eigenvalue weighted by Gasteiger charge is -2.16. The zero-order valence-electron chi connectivity index (χ0n) is 14.2. The van der Waals surface area contributed by atoms with E-state index in [2.05, 4.69) is 50.2 Å². The molecule has 0 bridgehead atoms. The molecule has 2 unspecified atom stereocenters. The Kier molecular flexibility index (Phi) is 7.50. The molecule has 0 aromatic heterocycles. The number of thioether (sulfide) groups is 1. The van der Waals surface area contributed by atoms with E-state index >= 15 is 0 Å². The lowest BCUT2D eigenvalue weighted by molar-refractivity contribution is -0.0602. The van der Waals surface area contributed by atoms with Crippen LogP contribution in [0.4, 0.5) is 0 Å². The van der Waals surface area contributed by atoms with E-state index in [9.17, 15) is 0 Å².